The van der Waals surface area contributed by atoms with E-state index in [1.165, 1.54) is 10.5 Å². The van der Waals surface area contributed by atoms with Gasteiger partial charge in [-0.3, -0.25) is 4.79 Å². The largest absolute Gasteiger partial charge is 0.356 e. The molecule has 0 atom stereocenters. The first kappa shape index (κ1) is 17.3. The van der Waals surface area contributed by atoms with Crippen LogP contribution in [0.25, 0.3) is 5.69 Å². The van der Waals surface area contributed by atoms with Crippen LogP contribution in [0.1, 0.15) is 12.0 Å². The molecule has 0 fully saturated rings. The van der Waals surface area contributed by atoms with Crippen molar-refractivity contribution in [3.05, 3.63) is 78.6 Å². The summed E-state index contributed by atoms with van der Waals surface area (Å²) in [5.41, 5.74) is 2.24. The maximum absolute atomic E-state index is 11.9. The number of benzene rings is 2. The summed E-state index contributed by atoms with van der Waals surface area (Å²) in [6.07, 6.45) is 5.05. The number of nitrogens with one attached hydrogen (secondary N) is 1. The van der Waals surface area contributed by atoms with Gasteiger partial charge in [0, 0.05) is 36.0 Å². The summed E-state index contributed by atoms with van der Waals surface area (Å²) >= 11 is 1.71. The summed E-state index contributed by atoms with van der Waals surface area (Å²) in [6, 6.07) is 20.3. The fraction of sp³-hybridized carbons (Fsp3) is 0.200. The molecule has 0 aliphatic rings. The summed E-state index contributed by atoms with van der Waals surface area (Å²) in [7, 11) is 0. The van der Waals surface area contributed by atoms with E-state index in [0.717, 1.165) is 17.9 Å². The highest BCUT2D eigenvalue weighted by molar-refractivity contribution is 7.99. The molecule has 0 radical (unpaired) electrons. The highest BCUT2D eigenvalue weighted by Gasteiger charge is 2.02. The van der Waals surface area contributed by atoms with E-state index in [1.54, 1.807) is 18.0 Å². The van der Waals surface area contributed by atoms with Gasteiger partial charge in [0.05, 0.1) is 5.69 Å². The number of carbonyl (C=O) groups is 1. The number of nitrogens with zero attached hydrogens (tertiary/aromatic N) is 2. The molecule has 4 nitrogen and oxygen atoms in total. The van der Waals surface area contributed by atoms with E-state index in [4.69, 9.17) is 0 Å². The third-order valence-electron chi connectivity index (χ3n) is 3.78. The van der Waals surface area contributed by atoms with Gasteiger partial charge in [0.15, 0.2) is 0 Å². The maximum atomic E-state index is 11.9. The van der Waals surface area contributed by atoms with Crippen LogP contribution in [-0.4, -0.2) is 28.0 Å². The van der Waals surface area contributed by atoms with Crippen molar-refractivity contribution in [2.45, 2.75) is 17.7 Å². The monoisotopic (exact) mass is 351 g/mol. The van der Waals surface area contributed by atoms with Crippen molar-refractivity contribution in [2.24, 2.45) is 0 Å². The Morgan fingerprint density at radius 3 is 2.56 bits per heavy atom. The van der Waals surface area contributed by atoms with Gasteiger partial charge in [-0.1, -0.05) is 30.3 Å². The standard InChI is InChI=1S/C20H21N3OS/c24-20(12-16-25-19-5-2-1-3-6-19)21-14-11-17-7-9-18(10-8-17)23-15-4-13-22-23/h1-10,13,15H,11-12,14,16H2,(H,21,24). The van der Waals surface area contributed by atoms with E-state index in [-0.39, 0.29) is 5.91 Å². The van der Waals surface area contributed by atoms with Crippen molar-refractivity contribution in [1.29, 1.82) is 0 Å². The summed E-state index contributed by atoms with van der Waals surface area (Å²) in [5, 5.41) is 7.20. The number of amides is 1. The van der Waals surface area contributed by atoms with E-state index in [1.807, 2.05) is 47.3 Å². The van der Waals surface area contributed by atoms with Gasteiger partial charge in [-0.05, 0) is 42.3 Å². The first-order valence-electron chi connectivity index (χ1n) is 8.35. The minimum absolute atomic E-state index is 0.108. The van der Waals surface area contributed by atoms with E-state index in [2.05, 4.69) is 34.7 Å². The summed E-state index contributed by atoms with van der Waals surface area (Å²) in [4.78, 5) is 13.1. The highest BCUT2D eigenvalue weighted by atomic mass is 32.2. The number of aromatic nitrogens is 2. The fourth-order valence-electron chi connectivity index (χ4n) is 2.45. The Bertz CT molecular complexity index is 770. The predicted octanol–water partition coefficient (Wildman–Crippen LogP) is 3.71. The van der Waals surface area contributed by atoms with Crippen LogP contribution in [0.15, 0.2) is 78.0 Å². The smallest absolute Gasteiger partial charge is 0.220 e. The molecule has 1 aromatic heterocycles. The van der Waals surface area contributed by atoms with Crippen molar-refractivity contribution >= 4 is 17.7 Å². The van der Waals surface area contributed by atoms with Gasteiger partial charge in [0.25, 0.3) is 0 Å². The molecular weight excluding hydrogens is 330 g/mol. The second-order valence-electron chi connectivity index (χ2n) is 5.63. The molecule has 1 heterocycles. The fourth-order valence-corrected chi connectivity index (χ4v) is 3.32. The second kappa shape index (κ2) is 9.08. The average Bonchev–Trinajstić information content (AvgIpc) is 3.18. The van der Waals surface area contributed by atoms with E-state index < -0.39 is 0 Å². The minimum atomic E-state index is 0.108. The third kappa shape index (κ3) is 5.50. The van der Waals surface area contributed by atoms with Gasteiger partial charge < -0.3 is 5.32 Å². The Morgan fingerprint density at radius 2 is 1.84 bits per heavy atom. The van der Waals surface area contributed by atoms with Crippen LogP contribution in [0, 0.1) is 0 Å². The quantitative estimate of drug-likeness (QED) is 0.629. The Morgan fingerprint density at radius 1 is 1.04 bits per heavy atom. The first-order valence-corrected chi connectivity index (χ1v) is 9.33. The van der Waals surface area contributed by atoms with Crippen molar-refractivity contribution in [2.75, 3.05) is 12.3 Å². The normalized spacial score (nSPS) is 10.6. The van der Waals surface area contributed by atoms with E-state index in [9.17, 15) is 4.79 Å². The topological polar surface area (TPSA) is 46.9 Å². The van der Waals surface area contributed by atoms with Gasteiger partial charge in [-0.2, -0.15) is 5.10 Å². The molecule has 0 unspecified atom stereocenters. The lowest BCUT2D eigenvalue weighted by Crippen LogP contribution is -2.25. The zero-order chi connectivity index (χ0) is 17.3. The molecule has 25 heavy (non-hydrogen) atoms. The van der Waals surface area contributed by atoms with Crippen LogP contribution < -0.4 is 5.32 Å². The first-order chi connectivity index (χ1) is 12.3. The van der Waals surface area contributed by atoms with Crippen LogP contribution in [0.3, 0.4) is 0 Å². The second-order valence-corrected chi connectivity index (χ2v) is 6.80. The van der Waals surface area contributed by atoms with Gasteiger partial charge in [-0.15, -0.1) is 11.8 Å². The summed E-state index contributed by atoms with van der Waals surface area (Å²) in [6.45, 7) is 0.663. The van der Waals surface area contributed by atoms with E-state index >= 15 is 0 Å². The van der Waals surface area contributed by atoms with Crippen molar-refractivity contribution in [3.8, 4) is 5.69 Å². The van der Waals surface area contributed by atoms with Gasteiger partial charge >= 0.3 is 0 Å². The van der Waals surface area contributed by atoms with Crippen molar-refractivity contribution < 1.29 is 4.79 Å². The van der Waals surface area contributed by atoms with E-state index in [0.29, 0.717) is 13.0 Å². The average molecular weight is 351 g/mol. The van der Waals surface area contributed by atoms with Crippen molar-refractivity contribution in [1.82, 2.24) is 15.1 Å². The number of hydrogen-bond donors (Lipinski definition) is 1. The van der Waals surface area contributed by atoms with Crippen LogP contribution >= 0.6 is 11.8 Å². The van der Waals surface area contributed by atoms with Gasteiger partial charge in [-0.25, -0.2) is 4.68 Å². The molecule has 3 aromatic rings. The molecule has 128 valence electrons. The molecule has 0 bridgehead atoms. The molecule has 3 rings (SSSR count). The molecule has 1 N–H and O–H groups in total. The lowest BCUT2D eigenvalue weighted by Gasteiger charge is -2.07. The Labute approximate surface area is 152 Å². The summed E-state index contributed by atoms with van der Waals surface area (Å²) < 4.78 is 1.83. The SMILES string of the molecule is O=C(CCSc1ccccc1)NCCc1ccc(-n2cccn2)cc1. The van der Waals surface area contributed by atoms with Crippen molar-refractivity contribution in [3.63, 3.8) is 0 Å². The summed E-state index contributed by atoms with van der Waals surface area (Å²) in [5.74, 6) is 0.908. The number of thioether (sulfide) groups is 1. The number of hydrogen-bond acceptors (Lipinski definition) is 3. The maximum Gasteiger partial charge on any atom is 0.220 e. The van der Waals surface area contributed by atoms with Gasteiger partial charge in [0.1, 0.15) is 0 Å². The minimum Gasteiger partial charge on any atom is -0.356 e. The Balaban J connectivity index is 1.35. The molecule has 5 heteroatoms. The van der Waals surface area contributed by atoms with Crippen LogP contribution in [0.2, 0.25) is 0 Å². The molecular formula is C20H21N3OS. The molecule has 0 aliphatic carbocycles. The molecule has 0 saturated heterocycles. The number of carbonyl (C=O) groups excluding carboxylic acids is 1. The lowest BCUT2D eigenvalue weighted by molar-refractivity contribution is -0.120. The lowest BCUT2D eigenvalue weighted by atomic mass is 10.1. The molecule has 1 amide bonds. The molecule has 0 spiro atoms. The molecule has 0 aliphatic heterocycles. The Kier molecular flexibility index (Phi) is 6.29. The highest BCUT2D eigenvalue weighted by Crippen LogP contribution is 2.17. The van der Waals surface area contributed by atoms with Crippen LogP contribution in [0.5, 0.6) is 0 Å². The molecule has 0 saturated carbocycles. The third-order valence-corrected chi connectivity index (χ3v) is 4.80. The number of rotatable bonds is 8. The zero-order valence-corrected chi connectivity index (χ0v) is 14.8. The van der Waals surface area contributed by atoms with Crippen LogP contribution in [-0.2, 0) is 11.2 Å². The van der Waals surface area contributed by atoms with Gasteiger partial charge in [0.2, 0.25) is 5.91 Å². The Hall–Kier alpha value is -2.53. The zero-order valence-electron chi connectivity index (χ0n) is 14.0. The van der Waals surface area contributed by atoms with Crippen LogP contribution in [0.4, 0.5) is 0 Å². The predicted molar refractivity (Wildman–Crippen MR) is 102 cm³/mol. The molecule has 2 aromatic carbocycles.